The summed E-state index contributed by atoms with van der Waals surface area (Å²) in [5.74, 6) is 0. The summed E-state index contributed by atoms with van der Waals surface area (Å²) >= 11 is 3.46. The van der Waals surface area contributed by atoms with Crippen LogP contribution in [0, 0.1) is 0 Å². The molecule has 0 spiro atoms. The summed E-state index contributed by atoms with van der Waals surface area (Å²) < 4.78 is 1.14. The van der Waals surface area contributed by atoms with Crippen molar-refractivity contribution in [3.63, 3.8) is 0 Å². The standard InChI is InChI=1S/C12H18BrNO/c1-14(7-3-9-15)8-6-11-4-2-5-12(13)10-11/h2,4-5,10,15H,3,6-9H2,1H3. The van der Waals surface area contributed by atoms with Crippen molar-refractivity contribution in [1.29, 1.82) is 0 Å². The van der Waals surface area contributed by atoms with Crippen LogP contribution in [0.25, 0.3) is 0 Å². The van der Waals surface area contributed by atoms with Crippen LogP contribution >= 0.6 is 15.9 Å². The predicted molar refractivity (Wildman–Crippen MR) is 67.0 cm³/mol. The predicted octanol–water partition coefficient (Wildman–Crippen LogP) is 2.31. The maximum absolute atomic E-state index is 8.70. The van der Waals surface area contributed by atoms with Crippen molar-refractivity contribution in [1.82, 2.24) is 4.90 Å². The van der Waals surface area contributed by atoms with Gasteiger partial charge in [0.05, 0.1) is 0 Å². The lowest BCUT2D eigenvalue weighted by Crippen LogP contribution is -2.23. The Bertz CT molecular complexity index is 291. The highest BCUT2D eigenvalue weighted by atomic mass is 79.9. The zero-order valence-electron chi connectivity index (χ0n) is 9.12. The minimum Gasteiger partial charge on any atom is -0.396 e. The number of likely N-dealkylation sites (N-methyl/N-ethyl adjacent to an activating group) is 1. The van der Waals surface area contributed by atoms with Crippen molar-refractivity contribution in [3.05, 3.63) is 34.3 Å². The molecule has 0 aliphatic rings. The second-order valence-corrected chi connectivity index (χ2v) is 4.68. The molecular weight excluding hydrogens is 254 g/mol. The minimum absolute atomic E-state index is 0.279. The van der Waals surface area contributed by atoms with E-state index in [1.165, 1.54) is 5.56 Å². The fourth-order valence-electron chi connectivity index (χ4n) is 1.46. The average molecular weight is 272 g/mol. The molecule has 1 N–H and O–H groups in total. The second kappa shape index (κ2) is 6.99. The molecule has 1 rings (SSSR count). The Labute approximate surface area is 100 Å². The van der Waals surface area contributed by atoms with E-state index in [9.17, 15) is 0 Å². The van der Waals surface area contributed by atoms with E-state index >= 15 is 0 Å². The fourth-order valence-corrected chi connectivity index (χ4v) is 1.91. The number of halogens is 1. The van der Waals surface area contributed by atoms with Crippen LogP contribution in [0.3, 0.4) is 0 Å². The molecule has 84 valence electrons. The third-order valence-electron chi connectivity index (χ3n) is 2.37. The smallest absolute Gasteiger partial charge is 0.0443 e. The van der Waals surface area contributed by atoms with Gasteiger partial charge in [-0.3, -0.25) is 0 Å². The van der Waals surface area contributed by atoms with Crippen molar-refractivity contribution < 1.29 is 5.11 Å². The Balaban J connectivity index is 2.30. The van der Waals surface area contributed by atoms with Crippen LogP contribution in [0.15, 0.2) is 28.7 Å². The van der Waals surface area contributed by atoms with E-state index < -0.39 is 0 Å². The maximum atomic E-state index is 8.70. The van der Waals surface area contributed by atoms with Crippen LogP contribution < -0.4 is 0 Å². The SMILES string of the molecule is CN(CCCO)CCc1cccc(Br)c1. The summed E-state index contributed by atoms with van der Waals surface area (Å²) in [6, 6.07) is 8.40. The highest BCUT2D eigenvalue weighted by Gasteiger charge is 1.99. The fraction of sp³-hybridized carbons (Fsp3) is 0.500. The Morgan fingerprint density at radius 3 is 2.80 bits per heavy atom. The molecule has 1 aromatic rings. The second-order valence-electron chi connectivity index (χ2n) is 3.76. The molecule has 0 fully saturated rings. The van der Waals surface area contributed by atoms with Crippen molar-refractivity contribution in [3.8, 4) is 0 Å². The summed E-state index contributed by atoms with van der Waals surface area (Å²) in [5, 5.41) is 8.70. The van der Waals surface area contributed by atoms with E-state index in [1.807, 2.05) is 6.07 Å². The van der Waals surface area contributed by atoms with Crippen molar-refractivity contribution >= 4 is 15.9 Å². The van der Waals surface area contributed by atoms with E-state index in [0.717, 1.165) is 30.4 Å². The molecule has 0 saturated carbocycles. The summed E-state index contributed by atoms with van der Waals surface area (Å²) in [4.78, 5) is 2.25. The van der Waals surface area contributed by atoms with Crippen LogP contribution in [0.5, 0.6) is 0 Å². The Kier molecular flexibility index (Phi) is 5.91. The first-order valence-corrected chi connectivity index (χ1v) is 6.05. The lowest BCUT2D eigenvalue weighted by atomic mass is 10.1. The third kappa shape index (κ3) is 5.30. The Morgan fingerprint density at radius 2 is 2.13 bits per heavy atom. The molecule has 0 radical (unpaired) electrons. The summed E-state index contributed by atoms with van der Waals surface area (Å²) in [6.07, 6.45) is 1.91. The summed E-state index contributed by atoms with van der Waals surface area (Å²) in [5.41, 5.74) is 1.35. The van der Waals surface area contributed by atoms with Gasteiger partial charge in [0.2, 0.25) is 0 Å². The average Bonchev–Trinajstić information content (AvgIpc) is 2.23. The minimum atomic E-state index is 0.279. The monoisotopic (exact) mass is 271 g/mol. The Morgan fingerprint density at radius 1 is 1.33 bits per heavy atom. The van der Waals surface area contributed by atoms with Crippen LogP contribution in [-0.2, 0) is 6.42 Å². The first kappa shape index (κ1) is 12.7. The van der Waals surface area contributed by atoms with E-state index in [0.29, 0.717) is 0 Å². The highest BCUT2D eigenvalue weighted by Crippen LogP contribution is 2.12. The summed E-state index contributed by atoms with van der Waals surface area (Å²) in [6.45, 7) is 2.28. The number of benzene rings is 1. The van der Waals surface area contributed by atoms with Crippen LogP contribution in [0.4, 0.5) is 0 Å². The van der Waals surface area contributed by atoms with Gasteiger partial charge in [-0.1, -0.05) is 28.1 Å². The number of nitrogens with zero attached hydrogens (tertiary/aromatic N) is 1. The van der Waals surface area contributed by atoms with E-state index in [2.05, 4.69) is 46.1 Å². The molecule has 0 aliphatic heterocycles. The number of rotatable bonds is 6. The lowest BCUT2D eigenvalue weighted by Gasteiger charge is -2.15. The quantitative estimate of drug-likeness (QED) is 0.859. The molecule has 0 atom stereocenters. The zero-order chi connectivity index (χ0) is 11.1. The van der Waals surface area contributed by atoms with Gasteiger partial charge in [-0.05, 0) is 37.6 Å². The number of hydrogen-bond donors (Lipinski definition) is 1. The molecule has 0 saturated heterocycles. The van der Waals surface area contributed by atoms with Crippen LogP contribution in [0.1, 0.15) is 12.0 Å². The van der Waals surface area contributed by atoms with Gasteiger partial charge >= 0.3 is 0 Å². The number of aliphatic hydroxyl groups is 1. The molecule has 0 bridgehead atoms. The molecule has 0 aromatic heterocycles. The van der Waals surface area contributed by atoms with Gasteiger partial charge in [0, 0.05) is 24.2 Å². The van der Waals surface area contributed by atoms with Gasteiger partial charge in [0.15, 0.2) is 0 Å². The molecule has 1 aromatic carbocycles. The number of hydrogen-bond acceptors (Lipinski definition) is 2. The van der Waals surface area contributed by atoms with E-state index in [1.54, 1.807) is 0 Å². The highest BCUT2D eigenvalue weighted by molar-refractivity contribution is 9.10. The largest absolute Gasteiger partial charge is 0.396 e. The molecule has 15 heavy (non-hydrogen) atoms. The van der Waals surface area contributed by atoms with Crippen LogP contribution in [-0.4, -0.2) is 36.8 Å². The topological polar surface area (TPSA) is 23.5 Å². The summed E-state index contributed by atoms with van der Waals surface area (Å²) in [7, 11) is 2.09. The van der Waals surface area contributed by atoms with Crippen molar-refractivity contribution in [2.45, 2.75) is 12.8 Å². The van der Waals surface area contributed by atoms with Crippen molar-refractivity contribution in [2.75, 3.05) is 26.7 Å². The normalized spacial score (nSPS) is 10.9. The van der Waals surface area contributed by atoms with Gasteiger partial charge in [-0.2, -0.15) is 0 Å². The van der Waals surface area contributed by atoms with Gasteiger partial charge in [-0.25, -0.2) is 0 Å². The van der Waals surface area contributed by atoms with Gasteiger partial charge in [0.1, 0.15) is 0 Å². The molecule has 0 unspecified atom stereocenters. The van der Waals surface area contributed by atoms with Gasteiger partial charge < -0.3 is 10.0 Å². The molecular formula is C12H18BrNO. The van der Waals surface area contributed by atoms with E-state index in [-0.39, 0.29) is 6.61 Å². The lowest BCUT2D eigenvalue weighted by molar-refractivity contribution is 0.248. The number of aliphatic hydroxyl groups excluding tert-OH is 1. The molecule has 0 aliphatic carbocycles. The molecule has 3 heteroatoms. The maximum Gasteiger partial charge on any atom is 0.0443 e. The van der Waals surface area contributed by atoms with Gasteiger partial charge in [0.25, 0.3) is 0 Å². The van der Waals surface area contributed by atoms with Crippen molar-refractivity contribution in [2.24, 2.45) is 0 Å². The van der Waals surface area contributed by atoms with Gasteiger partial charge in [-0.15, -0.1) is 0 Å². The molecule has 0 amide bonds. The molecule has 2 nitrogen and oxygen atoms in total. The Hall–Kier alpha value is -0.380. The third-order valence-corrected chi connectivity index (χ3v) is 2.86. The zero-order valence-corrected chi connectivity index (χ0v) is 10.7. The molecule has 0 heterocycles. The first-order valence-electron chi connectivity index (χ1n) is 5.26. The first-order chi connectivity index (χ1) is 7.22. The van der Waals surface area contributed by atoms with Crippen LogP contribution in [0.2, 0.25) is 0 Å². The van der Waals surface area contributed by atoms with E-state index in [4.69, 9.17) is 5.11 Å².